The molecule has 0 saturated carbocycles. The number of sulfonamides is 1. The Morgan fingerprint density at radius 2 is 1.79 bits per heavy atom. The van der Waals surface area contributed by atoms with Gasteiger partial charge < -0.3 is 15.0 Å². The number of aryl methyl sites for hydroxylation is 1. The first-order valence-corrected chi connectivity index (χ1v) is 15.1. The van der Waals surface area contributed by atoms with E-state index in [0.717, 1.165) is 23.8 Å². The van der Waals surface area contributed by atoms with Crippen LogP contribution < -0.4 is 14.4 Å². The topological polar surface area (TPSA) is 96.0 Å². The molecule has 0 radical (unpaired) electrons. The summed E-state index contributed by atoms with van der Waals surface area (Å²) in [6.45, 7) is 8.16. The average molecular weight is 566 g/mol. The Bertz CT molecular complexity index is 1200. The number of halogens is 1. The number of rotatable bonds is 14. The number of methoxy groups -OCH3 is 1. The Hall–Kier alpha value is -2.78. The lowest BCUT2D eigenvalue weighted by atomic mass is 10.0. The molecule has 2 aromatic carbocycles. The first-order chi connectivity index (χ1) is 17.9. The minimum absolute atomic E-state index is 0.00777. The maximum atomic E-state index is 13.6. The zero-order valence-electron chi connectivity index (χ0n) is 23.2. The van der Waals surface area contributed by atoms with Crippen LogP contribution in [0.5, 0.6) is 5.75 Å². The number of carbonyl (C=O) groups is 2. The van der Waals surface area contributed by atoms with E-state index in [4.69, 9.17) is 16.3 Å². The smallest absolute Gasteiger partial charge is 0.243 e. The van der Waals surface area contributed by atoms with Crippen LogP contribution in [0.4, 0.5) is 5.69 Å². The summed E-state index contributed by atoms with van der Waals surface area (Å²) < 4.78 is 31.5. The van der Waals surface area contributed by atoms with E-state index in [0.29, 0.717) is 24.4 Å². The van der Waals surface area contributed by atoms with E-state index in [1.54, 1.807) is 17.0 Å². The highest BCUT2D eigenvalue weighted by atomic mass is 35.5. The fraction of sp³-hybridized carbons (Fsp3) is 0.500. The van der Waals surface area contributed by atoms with Gasteiger partial charge in [0.15, 0.2) is 0 Å². The minimum Gasteiger partial charge on any atom is -0.495 e. The van der Waals surface area contributed by atoms with Crippen molar-refractivity contribution in [1.82, 2.24) is 10.2 Å². The van der Waals surface area contributed by atoms with Gasteiger partial charge in [-0.15, -0.1) is 0 Å². The summed E-state index contributed by atoms with van der Waals surface area (Å²) in [7, 11) is -2.15. The van der Waals surface area contributed by atoms with Crippen LogP contribution in [0.3, 0.4) is 0 Å². The number of anilines is 1. The minimum atomic E-state index is -3.63. The number of hydrogen-bond donors (Lipinski definition) is 1. The zero-order chi connectivity index (χ0) is 28.5. The van der Waals surface area contributed by atoms with Gasteiger partial charge in [0.1, 0.15) is 11.8 Å². The van der Waals surface area contributed by atoms with Gasteiger partial charge in [0.05, 0.1) is 24.1 Å². The molecule has 0 bridgehead atoms. The van der Waals surface area contributed by atoms with Gasteiger partial charge in [-0.05, 0) is 62.4 Å². The molecular formula is C28H40ClN3O5S. The maximum absolute atomic E-state index is 13.6. The van der Waals surface area contributed by atoms with E-state index in [1.165, 1.54) is 17.5 Å². The van der Waals surface area contributed by atoms with Gasteiger partial charge in [-0.1, -0.05) is 49.7 Å². The largest absolute Gasteiger partial charge is 0.495 e. The monoisotopic (exact) mass is 565 g/mol. The van der Waals surface area contributed by atoms with E-state index >= 15 is 0 Å². The highest BCUT2D eigenvalue weighted by Gasteiger charge is 2.29. The highest BCUT2D eigenvalue weighted by Crippen LogP contribution is 2.30. The molecule has 0 aliphatic heterocycles. The van der Waals surface area contributed by atoms with Crippen molar-refractivity contribution in [3.05, 3.63) is 58.6 Å². The summed E-state index contributed by atoms with van der Waals surface area (Å²) in [5.74, 6) is 0.0437. The molecule has 38 heavy (non-hydrogen) atoms. The van der Waals surface area contributed by atoms with Gasteiger partial charge in [-0.2, -0.15) is 0 Å². The predicted octanol–water partition coefficient (Wildman–Crippen LogP) is 4.93. The summed E-state index contributed by atoms with van der Waals surface area (Å²) in [6.07, 6.45) is 2.70. The number of hydrogen-bond acceptors (Lipinski definition) is 5. The molecule has 210 valence electrons. The van der Waals surface area contributed by atoms with Crippen LogP contribution in [0.1, 0.15) is 57.6 Å². The summed E-state index contributed by atoms with van der Waals surface area (Å²) >= 11 is 6.22. The van der Waals surface area contributed by atoms with Crippen molar-refractivity contribution >= 4 is 39.1 Å². The van der Waals surface area contributed by atoms with E-state index < -0.39 is 16.1 Å². The Balaban J connectivity index is 2.26. The lowest BCUT2D eigenvalue weighted by Gasteiger charge is -2.32. The Kier molecular flexibility index (Phi) is 11.9. The number of ether oxygens (including phenoxy) is 1. The molecule has 2 atom stereocenters. The molecule has 10 heteroatoms. The van der Waals surface area contributed by atoms with Crippen molar-refractivity contribution in [3.8, 4) is 5.75 Å². The summed E-state index contributed by atoms with van der Waals surface area (Å²) in [6, 6.07) is 11.9. The van der Waals surface area contributed by atoms with Crippen molar-refractivity contribution in [1.29, 1.82) is 0 Å². The first-order valence-electron chi connectivity index (χ1n) is 12.9. The van der Waals surface area contributed by atoms with E-state index in [-0.39, 0.29) is 42.3 Å². The number of carbonyl (C=O) groups excluding carboxylic acids is 2. The Labute approximate surface area is 232 Å². The van der Waals surface area contributed by atoms with Gasteiger partial charge in [0.25, 0.3) is 0 Å². The molecule has 0 heterocycles. The molecule has 0 spiro atoms. The second kappa shape index (κ2) is 14.4. The van der Waals surface area contributed by atoms with Gasteiger partial charge in [-0.3, -0.25) is 13.9 Å². The van der Waals surface area contributed by atoms with Crippen LogP contribution in [0.25, 0.3) is 0 Å². The molecule has 0 aromatic heterocycles. The third kappa shape index (κ3) is 8.63. The summed E-state index contributed by atoms with van der Waals surface area (Å²) in [4.78, 5) is 28.3. The van der Waals surface area contributed by atoms with Gasteiger partial charge >= 0.3 is 0 Å². The maximum Gasteiger partial charge on any atom is 0.243 e. The molecule has 8 nitrogen and oxygen atoms in total. The second-order valence-corrected chi connectivity index (χ2v) is 11.8. The lowest BCUT2D eigenvalue weighted by Crippen LogP contribution is -2.50. The normalized spacial score (nSPS) is 12.9. The Morgan fingerprint density at radius 1 is 1.11 bits per heavy atom. The molecule has 0 aliphatic rings. The molecule has 1 N–H and O–H groups in total. The van der Waals surface area contributed by atoms with Crippen LogP contribution in [-0.2, 0) is 26.2 Å². The summed E-state index contributed by atoms with van der Waals surface area (Å²) in [5.41, 5.74) is 2.38. The SMILES string of the molecule is CC[C@H](C)NC(=O)[C@H](CC)N(Cc1ccccc1C)C(=O)CCCN(c1ccc(OC)c(Cl)c1)S(C)(=O)=O. The third-order valence-corrected chi connectivity index (χ3v) is 8.05. The highest BCUT2D eigenvalue weighted by molar-refractivity contribution is 7.92. The molecule has 2 rings (SSSR count). The van der Waals surface area contributed by atoms with E-state index in [2.05, 4.69) is 5.32 Å². The molecular weight excluding hydrogens is 526 g/mol. The number of benzene rings is 2. The van der Waals surface area contributed by atoms with Crippen molar-refractivity contribution in [3.63, 3.8) is 0 Å². The molecule has 0 saturated heterocycles. The number of amides is 2. The van der Waals surface area contributed by atoms with Gasteiger partial charge in [-0.25, -0.2) is 8.42 Å². The van der Waals surface area contributed by atoms with Crippen molar-refractivity contribution < 1.29 is 22.7 Å². The quantitative estimate of drug-likeness (QED) is 0.350. The Morgan fingerprint density at radius 3 is 2.34 bits per heavy atom. The number of nitrogens with one attached hydrogen (secondary N) is 1. The molecule has 0 fully saturated rings. The van der Waals surface area contributed by atoms with Crippen LogP contribution in [0, 0.1) is 6.92 Å². The lowest BCUT2D eigenvalue weighted by molar-refractivity contribution is -0.141. The van der Waals surface area contributed by atoms with E-state index in [1.807, 2.05) is 52.0 Å². The van der Waals surface area contributed by atoms with Crippen molar-refractivity contribution in [2.45, 2.75) is 72.0 Å². The van der Waals surface area contributed by atoms with Crippen molar-refractivity contribution in [2.24, 2.45) is 0 Å². The molecule has 2 aromatic rings. The second-order valence-electron chi connectivity index (χ2n) is 9.45. The number of nitrogens with zero attached hydrogens (tertiary/aromatic N) is 2. The fourth-order valence-electron chi connectivity index (χ4n) is 4.15. The standard InChI is InChI=1S/C28H40ClN3O5S/c1-7-21(4)30-28(34)25(8-2)31(19-22-13-10-9-12-20(22)3)27(33)14-11-17-32(38(6,35)36)23-15-16-26(37-5)24(29)18-23/h9-10,12-13,15-16,18,21,25H,7-8,11,14,17,19H2,1-6H3,(H,30,34)/t21-,25-/m0/s1. The van der Waals surface area contributed by atoms with Crippen LogP contribution in [0.2, 0.25) is 5.02 Å². The first kappa shape index (κ1) is 31.4. The molecule has 0 aliphatic carbocycles. The van der Waals surface area contributed by atoms with Crippen LogP contribution in [-0.4, -0.2) is 57.1 Å². The summed E-state index contributed by atoms with van der Waals surface area (Å²) in [5, 5.41) is 3.29. The molecule has 2 amide bonds. The fourth-order valence-corrected chi connectivity index (χ4v) is 5.36. The van der Waals surface area contributed by atoms with Crippen molar-refractivity contribution in [2.75, 3.05) is 24.2 Å². The third-order valence-electron chi connectivity index (χ3n) is 6.56. The van der Waals surface area contributed by atoms with E-state index in [9.17, 15) is 18.0 Å². The predicted molar refractivity (Wildman–Crippen MR) is 153 cm³/mol. The van der Waals surface area contributed by atoms with Crippen LogP contribution >= 0.6 is 11.6 Å². The average Bonchev–Trinajstić information content (AvgIpc) is 2.86. The zero-order valence-corrected chi connectivity index (χ0v) is 24.7. The molecule has 0 unspecified atom stereocenters. The van der Waals surface area contributed by atoms with Crippen LogP contribution in [0.15, 0.2) is 42.5 Å². The van der Waals surface area contributed by atoms with Gasteiger partial charge in [0.2, 0.25) is 21.8 Å². The van der Waals surface area contributed by atoms with Gasteiger partial charge in [0, 0.05) is 25.6 Å².